The lowest BCUT2D eigenvalue weighted by Crippen LogP contribution is -2.22. The molecule has 1 N–H and O–H groups in total. The summed E-state index contributed by atoms with van der Waals surface area (Å²) in [6, 6.07) is 27.7. The van der Waals surface area contributed by atoms with Crippen molar-refractivity contribution in [2.24, 2.45) is 0 Å². The molecular formula is C29H21N5O2. The maximum absolute atomic E-state index is 12.5. The largest absolute Gasteiger partial charge is 0.392 e. The standard InChI is InChI=1S/C29H21N5O2/c30-15-20-4-1-8-24(12-20)27-10-11-28(36)34(33-27)18-21-5-2-9-25(13-21)29-31-16-26(17-32-29)23-7-3-6-22(14-23)19-35/h1-14,16-17,35H,18-19H2. The molecule has 2 aromatic heterocycles. The first-order chi connectivity index (χ1) is 17.6. The van der Waals surface area contributed by atoms with E-state index in [0.29, 0.717) is 17.1 Å². The molecule has 174 valence electrons. The molecule has 7 nitrogen and oxygen atoms in total. The van der Waals surface area contributed by atoms with E-state index in [0.717, 1.165) is 33.4 Å². The third kappa shape index (κ3) is 4.94. The summed E-state index contributed by atoms with van der Waals surface area (Å²) in [7, 11) is 0. The number of aliphatic hydroxyl groups is 1. The van der Waals surface area contributed by atoms with Crippen LogP contribution in [0.3, 0.4) is 0 Å². The lowest BCUT2D eigenvalue weighted by Gasteiger charge is -2.09. The highest BCUT2D eigenvalue weighted by Gasteiger charge is 2.08. The predicted octanol–water partition coefficient (Wildman–Crippen LogP) is 4.45. The molecule has 0 atom stereocenters. The fourth-order valence-corrected chi connectivity index (χ4v) is 3.92. The predicted molar refractivity (Wildman–Crippen MR) is 137 cm³/mol. The van der Waals surface area contributed by atoms with Crippen LogP contribution < -0.4 is 5.56 Å². The Morgan fingerprint density at radius 2 is 1.47 bits per heavy atom. The summed E-state index contributed by atoms with van der Waals surface area (Å²) in [4.78, 5) is 21.6. The van der Waals surface area contributed by atoms with Crippen molar-refractivity contribution < 1.29 is 5.11 Å². The number of aliphatic hydroxyl groups excluding tert-OH is 1. The Bertz CT molecular complexity index is 1640. The van der Waals surface area contributed by atoms with Crippen molar-refractivity contribution >= 4 is 0 Å². The SMILES string of the molecule is N#Cc1cccc(-c2ccc(=O)n(Cc3cccc(-c4ncc(-c5cccc(CO)c5)cn4)c3)n2)c1. The zero-order valence-corrected chi connectivity index (χ0v) is 19.2. The summed E-state index contributed by atoms with van der Waals surface area (Å²) in [6.45, 7) is 0.261. The molecule has 3 aromatic carbocycles. The number of rotatable bonds is 6. The highest BCUT2D eigenvalue weighted by atomic mass is 16.3. The van der Waals surface area contributed by atoms with Crippen molar-refractivity contribution in [3.8, 4) is 39.8 Å². The molecule has 36 heavy (non-hydrogen) atoms. The number of nitrogens with zero attached hydrogens (tertiary/aromatic N) is 5. The average molecular weight is 472 g/mol. The molecule has 0 aliphatic carbocycles. The van der Waals surface area contributed by atoms with Gasteiger partial charge in [-0.1, -0.05) is 48.5 Å². The van der Waals surface area contributed by atoms with Crippen molar-refractivity contribution in [1.82, 2.24) is 19.7 Å². The molecule has 0 unspecified atom stereocenters. The topological polar surface area (TPSA) is 105 Å². The molecule has 0 bridgehead atoms. The van der Waals surface area contributed by atoms with Gasteiger partial charge in [-0.15, -0.1) is 0 Å². The molecule has 5 rings (SSSR count). The lowest BCUT2D eigenvalue weighted by molar-refractivity contribution is 0.282. The van der Waals surface area contributed by atoms with Crippen molar-refractivity contribution in [3.63, 3.8) is 0 Å². The van der Waals surface area contributed by atoms with E-state index in [-0.39, 0.29) is 18.7 Å². The van der Waals surface area contributed by atoms with Crippen molar-refractivity contribution in [2.75, 3.05) is 0 Å². The van der Waals surface area contributed by atoms with Crippen LogP contribution in [0.15, 0.2) is 102 Å². The molecule has 0 fully saturated rings. The van der Waals surface area contributed by atoms with E-state index in [1.165, 1.54) is 10.7 Å². The Kier molecular flexibility index (Phi) is 6.43. The molecule has 0 saturated carbocycles. The van der Waals surface area contributed by atoms with Crippen LogP contribution in [0.25, 0.3) is 33.8 Å². The highest BCUT2D eigenvalue weighted by Crippen LogP contribution is 2.22. The zero-order valence-electron chi connectivity index (χ0n) is 19.2. The third-order valence-corrected chi connectivity index (χ3v) is 5.77. The summed E-state index contributed by atoms with van der Waals surface area (Å²) in [5, 5.41) is 23.1. The van der Waals surface area contributed by atoms with Gasteiger partial charge in [-0.05, 0) is 47.0 Å². The lowest BCUT2D eigenvalue weighted by atomic mass is 10.1. The van der Waals surface area contributed by atoms with E-state index in [9.17, 15) is 15.2 Å². The van der Waals surface area contributed by atoms with E-state index in [4.69, 9.17) is 0 Å². The molecular weight excluding hydrogens is 450 g/mol. The van der Waals surface area contributed by atoms with Gasteiger partial charge < -0.3 is 5.11 Å². The summed E-state index contributed by atoms with van der Waals surface area (Å²) in [5.41, 5.74) is 6.04. The number of aromatic nitrogens is 4. The minimum absolute atomic E-state index is 0.0212. The van der Waals surface area contributed by atoms with E-state index >= 15 is 0 Å². The van der Waals surface area contributed by atoms with Crippen LogP contribution in [0.5, 0.6) is 0 Å². The van der Waals surface area contributed by atoms with Gasteiger partial charge in [-0.2, -0.15) is 10.4 Å². The summed E-state index contributed by atoms with van der Waals surface area (Å²) in [6.07, 6.45) is 3.52. The van der Waals surface area contributed by atoms with Crippen LogP contribution in [-0.4, -0.2) is 24.9 Å². The Balaban J connectivity index is 1.40. The van der Waals surface area contributed by atoms with Crippen LogP contribution in [0.2, 0.25) is 0 Å². The van der Waals surface area contributed by atoms with Gasteiger partial charge in [-0.3, -0.25) is 4.79 Å². The van der Waals surface area contributed by atoms with Crippen LogP contribution in [0.4, 0.5) is 0 Å². The molecule has 7 heteroatoms. The van der Waals surface area contributed by atoms with E-state index in [2.05, 4.69) is 21.1 Å². The number of hydrogen-bond donors (Lipinski definition) is 1. The maximum atomic E-state index is 12.5. The normalized spacial score (nSPS) is 10.7. The number of nitriles is 1. The first-order valence-corrected chi connectivity index (χ1v) is 11.3. The van der Waals surface area contributed by atoms with E-state index < -0.39 is 0 Å². The Labute approximate surface area is 207 Å². The monoisotopic (exact) mass is 471 g/mol. The molecule has 0 amide bonds. The van der Waals surface area contributed by atoms with E-state index in [1.54, 1.807) is 36.7 Å². The Hall–Kier alpha value is -4.93. The molecule has 0 spiro atoms. The first kappa shape index (κ1) is 22.8. The Morgan fingerprint density at radius 3 is 2.25 bits per heavy atom. The fraction of sp³-hybridized carbons (Fsp3) is 0.0690. The van der Waals surface area contributed by atoms with Gasteiger partial charge in [0.05, 0.1) is 30.5 Å². The molecule has 0 aliphatic heterocycles. The molecule has 0 aliphatic rings. The smallest absolute Gasteiger partial charge is 0.267 e. The summed E-state index contributed by atoms with van der Waals surface area (Å²) >= 11 is 0. The highest BCUT2D eigenvalue weighted by molar-refractivity contribution is 5.65. The van der Waals surface area contributed by atoms with Gasteiger partial charge in [-0.25, -0.2) is 14.6 Å². The minimum atomic E-state index is -0.216. The van der Waals surface area contributed by atoms with Crippen molar-refractivity contribution in [1.29, 1.82) is 5.26 Å². The van der Waals surface area contributed by atoms with Gasteiger partial charge >= 0.3 is 0 Å². The van der Waals surface area contributed by atoms with Crippen LogP contribution in [-0.2, 0) is 13.2 Å². The maximum Gasteiger partial charge on any atom is 0.267 e. The quantitative estimate of drug-likeness (QED) is 0.392. The molecule has 5 aromatic rings. The average Bonchev–Trinajstić information content (AvgIpc) is 2.94. The van der Waals surface area contributed by atoms with E-state index in [1.807, 2.05) is 54.6 Å². The molecule has 2 heterocycles. The summed E-state index contributed by atoms with van der Waals surface area (Å²) in [5.74, 6) is 0.571. The van der Waals surface area contributed by atoms with Gasteiger partial charge in [0.2, 0.25) is 0 Å². The van der Waals surface area contributed by atoms with Gasteiger partial charge in [0.15, 0.2) is 5.82 Å². The van der Waals surface area contributed by atoms with Gasteiger partial charge in [0.1, 0.15) is 0 Å². The number of hydrogen-bond acceptors (Lipinski definition) is 6. The zero-order chi connectivity index (χ0) is 24.9. The van der Waals surface area contributed by atoms with Crippen molar-refractivity contribution in [3.05, 3.63) is 124 Å². The van der Waals surface area contributed by atoms with Crippen LogP contribution in [0, 0.1) is 11.3 Å². The van der Waals surface area contributed by atoms with Crippen LogP contribution in [0.1, 0.15) is 16.7 Å². The van der Waals surface area contributed by atoms with Crippen LogP contribution >= 0.6 is 0 Å². The third-order valence-electron chi connectivity index (χ3n) is 5.77. The van der Waals surface area contributed by atoms with Gasteiger partial charge in [0.25, 0.3) is 5.56 Å². The second-order valence-electron chi connectivity index (χ2n) is 8.26. The fourth-order valence-electron chi connectivity index (χ4n) is 3.92. The Morgan fingerprint density at radius 1 is 0.778 bits per heavy atom. The molecule has 0 saturated heterocycles. The van der Waals surface area contributed by atoms with Crippen molar-refractivity contribution in [2.45, 2.75) is 13.2 Å². The summed E-state index contributed by atoms with van der Waals surface area (Å²) < 4.78 is 1.41. The van der Waals surface area contributed by atoms with Gasteiger partial charge in [0, 0.05) is 35.2 Å². The first-order valence-electron chi connectivity index (χ1n) is 11.3. The molecule has 0 radical (unpaired) electrons. The second kappa shape index (κ2) is 10.1. The second-order valence-corrected chi connectivity index (χ2v) is 8.26. The number of benzene rings is 3. The minimum Gasteiger partial charge on any atom is -0.392 e.